The number of pyridine rings is 1. The van der Waals surface area contributed by atoms with Crippen molar-refractivity contribution in [3.05, 3.63) is 62.7 Å². The molecule has 0 unspecified atom stereocenters. The smallest absolute Gasteiger partial charge is 0.266 e. The number of aromatic amines is 1. The van der Waals surface area contributed by atoms with Crippen LogP contribution in [0.25, 0.3) is 32.1 Å². The Labute approximate surface area is 153 Å². The van der Waals surface area contributed by atoms with E-state index in [0.717, 1.165) is 34.7 Å². The summed E-state index contributed by atoms with van der Waals surface area (Å²) in [5.74, 6) is 0.0908. The Morgan fingerprint density at radius 2 is 1.96 bits per heavy atom. The average Bonchev–Trinajstić information content (AvgIpc) is 2.97. The highest BCUT2D eigenvalue weighted by Gasteiger charge is 2.19. The topological polar surface area (TPSA) is 53.1 Å². The van der Waals surface area contributed by atoms with E-state index in [0.29, 0.717) is 15.2 Å². The summed E-state index contributed by atoms with van der Waals surface area (Å²) in [6.45, 7) is 2.13. The van der Waals surface area contributed by atoms with Crippen LogP contribution >= 0.6 is 22.9 Å². The lowest BCUT2D eigenvalue weighted by Gasteiger charge is -2.08. The van der Waals surface area contributed by atoms with Crippen LogP contribution in [-0.2, 0) is 6.42 Å². The van der Waals surface area contributed by atoms with Gasteiger partial charge in [-0.2, -0.15) is 0 Å². The quantitative estimate of drug-likeness (QED) is 0.485. The second kappa shape index (κ2) is 6.21. The maximum absolute atomic E-state index is 12.7. The van der Waals surface area contributed by atoms with Crippen molar-refractivity contribution in [2.75, 3.05) is 0 Å². The van der Waals surface area contributed by atoms with E-state index >= 15 is 0 Å². The van der Waals surface area contributed by atoms with E-state index < -0.39 is 0 Å². The first-order chi connectivity index (χ1) is 12.1. The van der Waals surface area contributed by atoms with E-state index in [1.807, 2.05) is 18.2 Å². The maximum atomic E-state index is 12.7. The molecule has 0 aliphatic carbocycles. The molecule has 4 rings (SSSR count). The molecule has 0 fully saturated rings. The fraction of sp³-hybridized carbons (Fsp3) is 0.150. The van der Waals surface area contributed by atoms with Gasteiger partial charge in [0.05, 0.1) is 10.5 Å². The molecule has 0 spiro atoms. The Balaban J connectivity index is 2.24. The number of nitrogens with one attached hydrogen (secondary N) is 1. The molecule has 0 aliphatic heterocycles. The molecule has 0 radical (unpaired) electrons. The van der Waals surface area contributed by atoms with Crippen LogP contribution in [0.2, 0.25) is 5.02 Å². The van der Waals surface area contributed by atoms with Crippen LogP contribution in [0, 0.1) is 0 Å². The second-order valence-electron chi connectivity index (χ2n) is 6.02. The third kappa shape index (κ3) is 2.62. The van der Waals surface area contributed by atoms with Gasteiger partial charge in [0, 0.05) is 27.3 Å². The van der Waals surface area contributed by atoms with Crippen molar-refractivity contribution in [3.8, 4) is 16.9 Å². The molecule has 0 bridgehead atoms. The van der Waals surface area contributed by atoms with Crippen molar-refractivity contribution in [3.63, 3.8) is 0 Å². The van der Waals surface area contributed by atoms with Gasteiger partial charge in [0.1, 0.15) is 10.4 Å². The molecule has 0 amide bonds. The van der Waals surface area contributed by atoms with Gasteiger partial charge in [0.2, 0.25) is 0 Å². The van der Waals surface area contributed by atoms with Crippen LogP contribution in [0.15, 0.2) is 47.3 Å². The molecule has 5 heteroatoms. The van der Waals surface area contributed by atoms with Crippen molar-refractivity contribution in [1.29, 1.82) is 0 Å². The summed E-state index contributed by atoms with van der Waals surface area (Å²) in [4.78, 5) is 16.7. The van der Waals surface area contributed by atoms with E-state index in [2.05, 4.69) is 24.0 Å². The largest absolute Gasteiger partial charge is 0.508 e. The van der Waals surface area contributed by atoms with Gasteiger partial charge >= 0.3 is 0 Å². The number of benzene rings is 2. The molecular weight excluding hydrogens is 354 g/mol. The van der Waals surface area contributed by atoms with Crippen LogP contribution in [-0.4, -0.2) is 10.1 Å². The molecule has 0 atom stereocenters. The number of H-pyrrole nitrogens is 1. The lowest BCUT2D eigenvalue weighted by Crippen LogP contribution is -2.04. The minimum absolute atomic E-state index is 0.0908. The minimum Gasteiger partial charge on any atom is -0.508 e. The van der Waals surface area contributed by atoms with Gasteiger partial charge in [0.25, 0.3) is 5.56 Å². The fourth-order valence-corrected chi connectivity index (χ4v) is 4.89. The molecule has 2 aromatic heterocycles. The third-order valence-corrected chi connectivity index (χ3v) is 5.86. The van der Waals surface area contributed by atoms with Gasteiger partial charge in [0.15, 0.2) is 0 Å². The molecular formula is C20H16ClNO2S. The third-order valence-electron chi connectivity index (χ3n) is 4.31. The van der Waals surface area contributed by atoms with Crippen LogP contribution in [0.3, 0.4) is 0 Å². The Hall–Kier alpha value is -2.30. The normalized spacial score (nSPS) is 11.4. The number of rotatable bonds is 3. The van der Waals surface area contributed by atoms with Crippen LogP contribution < -0.4 is 5.56 Å². The second-order valence-corrected chi connectivity index (χ2v) is 7.54. The zero-order chi connectivity index (χ0) is 17.6. The molecule has 2 N–H and O–H groups in total. The van der Waals surface area contributed by atoms with Crippen molar-refractivity contribution in [2.24, 2.45) is 0 Å². The summed E-state index contributed by atoms with van der Waals surface area (Å²) in [5.41, 5.74) is 2.57. The minimum atomic E-state index is -0.139. The number of aryl methyl sites for hydroxylation is 1. The SMILES string of the molecule is CCCc1sc2c(=O)[nH]c3c(Cl)cc(O)cc3c2c1-c1ccccc1. The van der Waals surface area contributed by atoms with Gasteiger partial charge in [-0.3, -0.25) is 4.79 Å². The molecule has 4 aromatic rings. The number of fused-ring (bicyclic) bond motifs is 3. The molecule has 126 valence electrons. The first-order valence-electron chi connectivity index (χ1n) is 8.15. The Kier molecular flexibility index (Phi) is 4.02. The number of halogens is 1. The van der Waals surface area contributed by atoms with Gasteiger partial charge in [-0.05, 0) is 18.1 Å². The van der Waals surface area contributed by atoms with Crippen molar-refractivity contribution >= 4 is 43.9 Å². The number of phenolic OH excluding ortho intramolecular Hbond substituents is 1. The molecule has 0 saturated heterocycles. The summed E-state index contributed by atoms with van der Waals surface area (Å²) in [7, 11) is 0. The number of aromatic hydroxyl groups is 1. The summed E-state index contributed by atoms with van der Waals surface area (Å²) in [6, 6.07) is 13.2. The molecule has 25 heavy (non-hydrogen) atoms. The zero-order valence-corrected chi connectivity index (χ0v) is 15.2. The summed E-state index contributed by atoms with van der Waals surface area (Å²) in [6.07, 6.45) is 1.89. The molecule has 0 saturated carbocycles. The number of phenols is 1. The Morgan fingerprint density at radius 3 is 2.68 bits per heavy atom. The van der Waals surface area contributed by atoms with Crippen LogP contribution in [0.4, 0.5) is 0 Å². The number of hydrogen-bond donors (Lipinski definition) is 2. The van der Waals surface area contributed by atoms with E-state index in [4.69, 9.17) is 11.6 Å². The van der Waals surface area contributed by atoms with Crippen molar-refractivity contribution in [2.45, 2.75) is 19.8 Å². The lowest BCUT2D eigenvalue weighted by molar-refractivity contribution is 0.476. The van der Waals surface area contributed by atoms with Crippen molar-refractivity contribution in [1.82, 2.24) is 4.98 Å². The molecule has 2 aromatic carbocycles. The number of aromatic nitrogens is 1. The van der Waals surface area contributed by atoms with Gasteiger partial charge < -0.3 is 10.1 Å². The lowest BCUT2D eigenvalue weighted by atomic mass is 9.98. The predicted octanol–water partition coefficient (Wildman–Crippen LogP) is 5.72. The first-order valence-corrected chi connectivity index (χ1v) is 9.35. The maximum Gasteiger partial charge on any atom is 0.266 e. The van der Waals surface area contributed by atoms with Crippen molar-refractivity contribution < 1.29 is 5.11 Å². The number of thiophene rings is 1. The standard InChI is InChI=1S/C20H16ClNO2S/c1-2-6-15-16(11-7-4-3-5-8-11)17-13-9-12(23)10-14(21)18(13)22-20(24)19(17)25-15/h3-5,7-10,23H,2,6H2,1H3,(H,22,24). The average molecular weight is 370 g/mol. The number of hydrogen-bond acceptors (Lipinski definition) is 3. The fourth-order valence-electron chi connectivity index (χ4n) is 3.30. The Bertz CT molecular complexity index is 1150. The zero-order valence-electron chi connectivity index (χ0n) is 13.6. The highest BCUT2D eigenvalue weighted by molar-refractivity contribution is 7.19. The predicted molar refractivity (Wildman–Crippen MR) is 106 cm³/mol. The van der Waals surface area contributed by atoms with E-state index in [-0.39, 0.29) is 11.3 Å². The first kappa shape index (κ1) is 16.2. The Morgan fingerprint density at radius 1 is 1.20 bits per heavy atom. The van der Waals surface area contributed by atoms with E-state index in [1.165, 1.54) is 22.3 Å². The highest BCUT2D eigenvalue weighted by atomic mass is 35.5. The summed E-state index contributed by atoms with van der Waals surface area (Å²) < 4.78 is 0.677. The van der Waals surface area contributed by atoms with Gasteiger partial charge in [-0.1, -0.05) is 55.3 Å². The van der Waals surface area contributed by atoms with E-state index in [1.54, 1.807) is 6.07 Å². The van der Waals surface area contributed by atoms with Gasteiger partial charge in [-0.15, -0.1) is 11.3 Å². The summed E-state index contributed by atoms with van der Waals surface area (Å²) in [5, 5.41) is 12.0. The van der Waals surface area contributed by atoms with Crippen LogP contribution in [0.1, 0.15) is 18.2 Å². The monoisotopic (exact) mass is 369 g/mol. The summed E-state index contributed by atoms with van der Waals surface area (Å²) >= 11 is 7.80. The van der Waals surface area contributed by atoms with Crippen LogP contribution in [0.5, 0.6) is 5.75 Å². The van der Waals surface area contributed by atoms with Gasteiger partial charge in [-0.25, -0.2) is 0 Å². The van der Waals surface area contributed by atoms with E-state index in [9.17, 15) is 9.90 Å². The highest BCUT2D eigenvalue weighted by Crippen LogP contribution is 2.42. The molecule has 3 nitrogen and oxygen atoms in total. The molecule has 2 heterocycles. The molecule has 0 aliphatic rings.